The molecule has 11 heteroatoms. The predicted molar refractivity (Wildman–Crippen MR) is 224 cm³/mol. The molecule has 5 rings (SSSR count). The van der Waals surface area contributed by atoms with Crippen molar-refractivity contribution in [3.05, 3.63) is 134 Å². The van der Waals surface area contributed by atoms with E-state index in [0.717, 1.165) is 35.3 Å². The highest BCUT2D eigenvalue weighted by Crippen LogP contribution is 2.50. The molecular weight excluding hydrogens is 725 g/mol. The lowest BCUT2D eigenvalue weighted by atomic mass is 9.79. The molecule has 1 fully saturated rings. The number of hydrogen-bond acceptors (Lipinski definition) is 8. The molecule has 1 aromatic heterocycles. The Morgan fingerprint density at radius 2 is 1.46 bits per heavy atom. The second-order valence-corrected chi connectivity index (χ2v) is 16.8. The number of hydrogen-bond donors (Lipinski definition) is 1. The van der Waals surface area contributed by atoms with Crippen molar-refractivity contribution in [3.63, 3.8) is 0 Å². The van der Waals surface area contributed by atoms with Crippen molar-refractivity contribution in [2.24, 2.45) is 0 Å². The molecule has 0 bridgehead atoms. The zero-order chi connectivity index (χ0) is 40.2. The molecule has 304 valence electrons. The summed E-state index contributed by atoms with van der Waals surface area (Å²) in [5, 5.41) is 0. The van der Waals surface area contributed by atoms with Crippen molar-refractivity contribution in [2.45, 2.75) is 129 Å². The van der Waals surface area contributed by atoms with Crippen LogP contribution < -0.4 is 16.0 Å². The molecule has 0 saturated carbocycles. The summed E-state index contributed by atoms with van der Waals surface area (Å²) in [5.74, 6) is 0.745. The molecule has 3 aromatic carbocycles. The fraction of sp³-hybridized carbons (Fsp3) is 0.511. The molecule has 5 atom stereocenters. The fourth-order valence-corrected chi connectivity index (χ4v) is 9.28. The van der Waals surface area contributed by atoms with E-state index < -0.39 is 43.8 Å². The Morgan fingerprint density at radius 3 is 2.07 bits per heavy atom. The van der Waals surface area contributed by atoms with Gasteiger partial charge < -0.3 is 23.3 Å². The van der Waals surface area contributed by atoms with Gasteiger partial charge in [-0.05, 0) is 81.8 Å². The maximum Gasteiger partial charge on any atom is 0.330 e. The number of nitrogens with zero attached hydrogens (tertiary/aromatic N) is 2. The Balaban J connectivity index is 1.54. The zero-order valence-corrected chi connectivity index (χ0v) is 35.4. The molecule has 10 nitrogen and oxygen atoms in total. The Labute approximate surface area is 334 Å². The van der Waals surface area contributed by atoms with Crippen molar-refractivity contribution in [2.75, 3.05) is 20.8 Å². The van der Waals surface area contributed by atoms with Crippen LogP contribution in [0.15, 0.2) is 94.6 Å². The van der Waals surface area contributed by atoms with Crippen molar-refractivity contribution >= 4 is 8.53 Å². The first-order valence-electron chi connectivity index (χ1n) is 20.2. The molecule has 2 heterocycles. The Morgan fingerprint density at radius 1 is 0.857 bits per heavy atom. The number of rotatable bonds is 21. The summed E-state index contributed by atoms with van der Waals surface area (Å²) in [6.45, 7) is 12.5. The summed E-state index contributed by atoms with van der Waals surface area (Å²) in [5.41, 5.74) is 2.57. The van der Waals surface area contributed by atoms with E-state index in [2.05, 4.69) is 92.8 Å². The first-order chi connectivity index (χ1) is 27.0. The average molecular weight is 788 g/mol. The van der Waals surface area contributed by atoms with Gasteiger partial charge in [0.15, 0.2) is 0 Å². The third kappa shape index (κ3) is 10.5. The minimum Gasteiger partial charge on any atom is -0.497 e. The standard InChI is InChI=1S/C45H62N3O7P/c1-9-10-11-12-13-15-18-35-21-23-37(24-22-35)45(36-19-16-14-17-20-36,38-25-27-39(51-7)28-26-38)53-31-41-40(55-56(52-8)48(32(2)3)33(4)5)29-42(54-41)47-30-34(6)43(49)46-44(47)50/h14,16-17,19-28,30,32-33,40-42H,9-13,15,18,29,31H2,1-8H3,(H,46,49,50)/t40-,41+,42+,45?,56?/m0/s1. The van der Waals surface area contributed by atoms with E-state index in [9.17, 15) is 9.59 Å². The number of aromatic amines is 1. The van der Waals surface area contributed by atoms with Crippen LogP contribution in [-0.4, -0.2) is 59.3 Å². The number of methoxy groups -OCH3 is 1. The number of benzene rings is 3. The van der Waals surface area contributed by atoms with Crippen LogP contribution in [0.4, 0.5) is 0 Å². The second kappa shape index (κ2) is 20.7. The van der Waals surface area contributed by atoms with Crippen LogP contribution in [0, 0.1) is 6.92 Å². The van der Waals surface area contributed by atoms with E-state index in [0.29, 0.717) is 12.0 Å². The normalized spacial score (nSPS) is 18.8. The maximum atomic E-state index is 13.2. The van der Waals surface area contributed by atoms with E-state index in [1.54, 1.807) is 27.3 Å². The second-order valence-electron chi connectivity index (χ2n) is 15.3. The molecule has 2 unspecified atom stereocenters. The number of aryl methyl sites for hydroxylation is 2. The quantitative estimate of drug-likeness (QED) is 0.0506. The van der Waals surface area contributed by atoms with E-state index in [1.807, 2.05) is 30.3 Å². The van der Waals surface area contributed by atoms with Gasteiger partial charge in [0, 0.05) is 37.4 Å². The number of aromatic nitrogens is 2. The number of H-pyrrole nitrogens is 1. The molecule has 0 amide bonds. The third-order valence-electron chi connectivity index (χ3n) is 10.6. The molecule has 1 N–H and O–H groups in total. The average Bonchev–Trinajstić information content (AvgIpc) is 3.60. The van der Waals surface area contributed by atoms with Gasteiger partial charge in [0.2, 0.25) is 0 Å². The molecular formula is C45H62N3O7P. The molecule has 1 aliphatic heterocycles. The largest absolute Gasteiger partial charge is 0.497 e. The molecule has 4 aromatic rings. The SMILES string of the molecule is CCCCCCCCc1ccc(C(OC[C@H]2O[C@@H](n3cc(C)c(=O)[nH]c3=O)C[C@@H]2OP(OC)N(C(C)C)C(C)C)(c2ccccc2)c2ccc(OC)cc2)cc1. The predicted octanol–water partition coefficient (Wildman–Crippen LogP) is 9.43. The third-order valence-corrected chi connectivity index (χ3v) is 12.6. The minimum atomic E-state index is -1.50. The smallest absolute Gasteiger partial charge is 0.330 e. The van der Waals surface area contributed by atoms with Gasteiger partial charge in [0.1, 0.15) is 23.7 Å². The highest BCUT2D eigenvalue weighted by Gasteiger charge is 2.45. The highest BCUT2D eigenvalue weighted by molar-refractivity contribution is 7.44. The van der Waals surface area contributed by atoms with E-state index in [1.165, 1.54) is 42.2 Å². The van der Waals surface area contributed by atoms with Crippen LogP contribution in [0.5, 0.6) is 5.75 Å². The summed E-state index contributed by atoms with van der Waals surface area (Å²) in [7, 11) is 1.83. The Hall–Kier alpha value is -3.63. The monoisotopic (exact) mass is 787 g/mol. The summed E-state index contributed by atoms with van der Waals surface area (Å²) in [4.78, 5) is 27.9. The summed E-state index contributed by atoms with van der Waals surface area (Å²) >= 11 is 0. The lowest BCUT2D eigenvalue weighted by molar-refractivity contribution is -0.0924. The van der Waals surface area contributed by atoms with Gasteiger partial charge in [-0.1, -0.05) is 106 Å². The van der Waals surface area contributed by atoms with Crippen molar-refractivity contribution in [1.82, 2.24) is 14.2 Å². The van der Waals surface area contributed by atoms with Crippen LogP contribution in [0.3, 0.4) is 0 Å². The van der Waals surface area contributed by atoms with Gasteiger partial charge >= 0.3 is 5.69 Å². The molecule has 56 heavy (non-hydrogen) atoms. The van der Waals surface area contributed by atoms with Crippen molar-refractivity contribution < 1.29 is 23.3 Å². The van der Waals surface area contributed by atoms with Crippen LogP contribution in [0.25, 0.3) is 0 Å². The molecule has 0 aliphatic carbocycles. The highest BCUT2D eigenvalue weighted by atomic mass is 31.2. The van der Waals surface area contributed by atoms with E-state index >= 15 is 0 Å². The first-order valence-corrected chi connectivity index (χ1v) is 21.4. The van der Waals surface area contributed by atoms with Gasteiger partial charge in [-0.2, -0.15) is 0 Å². The van der Waals surface area contributed by atoms with Gasteiger partial charge in [0.25, 0.3) is 14.1 Å². The maximum absolute atomic E-state index is 13.2. The zero-order valence-electron chi connectivity index (χ0n) is 34.5. The summed E-state index contributed by atoms with van der Waals surface area (Å²) in [6, 6.07) is 27.4. The van der Waals surface area contributed by atoms with E-state index in [4.69, 9.17) is 23.3 Å². The topological polar surface area (TPSA) is 104 Å². The summed E-state index contributed by atoms with van der Waals surface area (Å²) < 4.78 is 36.2. The minimum absolute atomic E-state index is 0.120. The fourth-order valence-electron chi connectivity index (χ4n) is 7.68. The van der Waals surface area contributed by atoms with Crippen LogP contribution in [-0.2, 0) is 30.5 Å². The van der Waals surface area contributed by atoms with Gasteiger partial charge in [-0.15, -0.1) is 0 Å². The summed E-state index contributed by atoms with van der Waals surface area (Å²) in [6.07, 6.45) is 8.64. The van der Waals surface area contributed by atoms with Gasteiger partial charge in [-0.25, -0.2) is 9.46 Å². The molecule has 0 spiro atoms. The van der Waals surface area contributed by atoms with Crippen LogP contribution in [0.2, 0.25) is 0 Å². The Kier molecular flexibility index (Phi) is 16.1. The van der Waals surface area contributed by atoms with Crippen molar-refractivity contribution in [1.29, 1.82) is 0 Å². The van der Waals surface area contributed by atoms with Crippen LogP contribution in [0.1, 0.15) is 114 Å². The lowest BCUT2D eigenvalue weighted by Crippen LogP contribution is -2.39. The molecule has 1 saturated heterocycles. The molecule has 1 aliphatic rings. The number of nitrogens with one attached hydrogen (secondary N) is 1. The number of ether oxygens (including phenoxy) is 3. The van der Waals surface area contributed by atoms with Gasteiger partial charge in [0.05, 0.1) is 19.8 Å². The van der Waals surface area contributed by atoms with Gasteiger partial charge in [-0.3, -0.25) is 14.3 Å². The van der Waals surface area contributed by atoms with Crippen molar-refractivity contribution in [3.8, 4) is 5.75 Å². The van der Waals surface area contributed by atoms with E-state index in [-0.39, 0.29) is 18.7 Å². The Bertz CT molecular complexity index is 1890. The molecule has 0 radical (unpaired) electrons. The van der Waals surface area contributed by atoms with Crippen LogP contribution >= 0.6 is 8.53 Å². The first kappa shape index (κ1) is 43.5. The lowest BCUT2D eigenvalue weighted by Gasteiger charge is -2.38. The number of unbranched alkanes of at least 4 members (excludes halogenated alkanes) is 5.